The van der Waals surface area contributed by atoms with Crippen molar-refractivity contribution < 1.29 is 4.79 Å². The molecule has 1 heterocycles. The van der Waals surface area contributed by atoms with Gasteiger partial charge in [0.2, 0.25) is 6.41 Å². The van der Waals surface area contributed by atoms with Crippen molar-refractivity contribution >= 4 is 34.8 Å². The Morgan fingerprint density at radius 3 is 2.69 bits per heavy atom. The lowest BCUT2D eigenvalue weighted by Gasteiger charge is -2.12. The van der Waals surface area contributed by atoms with Crippen LogP contribution in [0, 0.1) is 12.8 Å². The topological polar surface area (TPSA) is 38.1 Å². The van der Waals surface area contributed by atoms with Crippen LogP contribution in [-0.2, 0) is 11.3 Å². The van der Waals surface area contributed by atoms with E-state index in [0.29, 0.717) is 0 Å². The van der Waals surface area contributed by atoms with Crippen molar-refractivity contribution in [1.82, 2.24) is 14.5 Å². The average Bonchev–Trinajstić information content (AvgIpc) is 3.37. The van der Waals surface area contributed by atoms with Crippen LogP contribution in [-0.4, -0.2) is 34.2 Å². The number of carbonyl (C=O) groups excluding carboxylic acids is 1. The smallest absolute Gasteiger partial charge is 0.213 e. The first-order chi connectivity index (χ1) is 12.4. The number of rotatable bonds is 7. The highest BCUT2D eigenvalue weighted by Crippen LogP contribution is 2.35. The summed E-state index contributed by atoms with van der Waals surface area (Å²) in [5, 5.41) is 0. The molecule has 1 aromatic heterocycles. The molecule has 0 saturated heterocycles. The zero-order valence-corrected chi connectivity index (χ0v) is 17.1. The highest BCUT2D eigenvalue weighted by molar-refractivity contribution is 7.98. The molecule has 1 fully saturated rings. The third-order valence-corrected chi connectivity index (χ3v) is 5.40. The summed E-state index contributed by atoms with van der Waals surface area (Å²) in [6.45, 7) is 7.29. The second kappa shape index (κ2) is 7.70. The van der Waals surface area contributed by atoms with Crippen molar-refractivity contribution in [3.8, 4) is 0 Å². The van der Waals surface area contributed by atoms with Gasteiger partial charge in [0.1, 0.15) is 11.3 Å². The van der Waals surface area contributed by atoms with Gasteiger partial charge in [-0.15, -0.1) is 11.8 Å². The van der Waals surface area contributed by atoms with Crippen LogP contribution in [0.1, 0.15) is 38.1 Å². The van der Waals surface area contributed by atoms with Crippen LogP contribution < -0.4 is 0 Å². The Hall–Kier alpha value is -2.01. The van der Waals surface area contributed by atoms with Gasteiger partial charge in [-0.2, -0.15) is 0 Å². The van der Waals surface area contributed by atoms with Crippen molar-refractivity contribution in [2.24, 2.45) is 5.92 Å². The quantitative estimate of drug-likeness (QED) is 0.397. The molecular weight excluding hydrogens is 342 g/mol. The number of aryl methyl sites for hydroxylation is 1. The third kappa shape index (κ3) is 4.04. The zero-order chi connectivity index (χ0) is 18.8. The highest BCUT2D eigenvalue weighted by atomic mass is 32.2. The molecule has 1 saturated carbocycles. The monoisotopic (exact) mass is 369 g/mol. The van der Waals surface area contributed by atoms with E-state index in [1.54, 1.807) is 23.7 Å². The van der Waals surface area contributed by atoms with E-state index in [4.69, 9.17) is 4.98 Å². The molecule has 1 aliphatic carbocycles. The maximum atomic E-state index is 11.1. The van der Waals surface area contributed by atoms with Crippen LogP contribution in [0.5, 0.6) is 0 Å². The van der Waals surface area contributed by atoms with Gasteiger partial charge in [0.25, 0.3) is 0 Å². The molecule has 0 N–H and O–H groups in total. The predicted molar refractivity (Wildman–Crippen MR) is 110 cm³/mol. The molecule has 1 aliphatic rings. The number of carbonyl (C=O) groups is 1. The van der Waals surface area contributed by atoms with E-state index in [1.807, 2.05) is 6.20 Å². The van der Waals surface area contributed by atoms with Gasteiger partial charge in [-0.25, -0.2) is 4.98 Å². The van der Waals surface area contributed by atoms with E-state index >= 15 is 0 Å². The van der Waals surface area contributed by atoms with Crippen molar-refractivity contribution in [3.05, 3.63) is 41.4 Å². The van der Waals surface area contributed by atoms with Gasteiger partial charge in [0, 0.05) is 24.7 Å². The largest absolute Gasteiger partial charge is 0.328 e. The highest BCUT2D eigenvalue weighted by Gasteiger charge is 2.24. The summed E-state index contributed by atoms with van der Waals surface area (Å²) in [6.07, 6.45) is 9.58. The molecule has 0 atom stereocenters. The van der Waals surface area contributed by atoms with Gasteiger partial charge in [-0.1, -0.05) is 11.6 Å². The molecule has 5 heteroatoms. The lowest BCUT2D eigenvalue weighted by atomic mass is 10.0. The van der Waals surface area contributed by atoms with Crippen LogP contribution in [0.25, 0.3) is 16.6 Å². The lowest BCUT2D eigenvalue weighted by Crippen LogP contribution is -2.07. The Balaban J connectivity index is 2.19. The summed E-state index contributed by atoms with van der Waals surface area (Å²) in [4.78, 5) is 18.7. The van der Waals surface area contributed by atoms with E-state index in [0.717, 1.165) is 41.4 Å². The molecule has 4 nitrogen and oxygen atoms in total. The normalized spacial score (nSPS) is 14.6. The Labute approximate surface area is 160 Å². The molecule has 1 amide bonds. The molecule has 2 aromatic rings. The van der Waals surface area contributed by atoms with Crippen molar-refractivity contribution in [1.29, 1.82) is 0 Å². The molecule has 138 valence electrons. The van der Waals surface area contributed by atoms with Gasteiger partial charge in [0.15, 0.2) is 0 Å². The first kappa shape index (κ1) is 18.8. The number of nitrogens with zero attached hydrogens (tertiary/aromatic N) is 3. The van der Waals surface area contributed by atoms with E-state index < -0.39 is 0 Å². The van der Waals surface area contributed by atoms with Gasteiger partial charge >= 0.3 is 0 Å². The van der Waals surface area contributed by atoms with Crippen LogP contribution in [0.2, 0.25) is 0 Å². The van der Waals surface area contributed by atoms with Crippen molar-refractivity contribution in [2.75, 3.05) is 13.3 Å². The van der Waals surface area contributed by atoms with Gasteiger partial charge < -0.3 is 9.47 Å². The summed E-state index contributed by atoms with van der Waals surface area (Å²) in [5.41, 5.74) is 5.63. The Kier molecular flexibility index (Phi) is 5.56. The van der Waals surface area contributed by atoms with Crippen LogP contribution in [0.4, 0.5) is 0 Å². The minimum absolute atomic E-state index is 0.793. The van der Waals surface area contributed by atoms with E-state index in [-0.39, 0.29) is 0 Å². The molecular formula is C21H27N3OS. The maximum Gasteiger partial charge on any atom is 0.213 e. The fraction of sp³-hybridized carbons (Fsp3) is 0.429. The first-order valence-electron chi connectivity index (χ1n) is 9.02. The Morgan fingerprint density at radius 1 is 1.38 bits per heavy atom. The first-order valence-corrected chi connectivity index (χ1v) is 10.2. The Bertz CT molecular complexity index is 886. The summed E-state index contributed by atoms with van der Waals surface area (Å²) in [6, 6.07) is 4.41. The lowest BCUT2D eigenvalue weighted by molar-refractivity contribution is -0.114. The summed E-state index contributed by atoms with van der Waals surface area (Å²) in [5.74, 6) is 1.87. The van der Waals surface area contributed by atoms with Crippen molar-refractivity contribution in [2.45, 2.75) is 45.1 Å². The second-order valence-electron chi connectivity index (χ2n) is 7.34. The van der Waals surface area contributed by atoms with Crippen LogP contribution in [0.15, 0.2) is 34.9 Å². The number of amides is 1. The summed E-state index contributed by atoms with van der Waals surface area (Å²) < 4.78 is 2.36. The molecule has 0 bridgehead atoms. The van der Waals surface area contributed by atoms with Crippen LogP contribution >= 0.6 is 11.8 Å². The fourth-order valence-corrected chi connectivity index (χ4v) is 3.76. The van der Waals surface area contributed by atoms with Gasteiger partial charge in [0.05, 0.1) is 5.52 Å². The minimum Gasteiger partial charge on any atom is -0.328 e. The number of hydrogen-bond donors (Lipinski definition) is 0. The zero-order valence-electron chi connectivity index (χ0n) is 16.2. The standard InChI is InChI=1S/C21H27N3OS/c1-14(2)8-18(12-23(4)13-25)17-9-19-21(20(10-17)26-5)22-15(3)24(19)11-16-6-7-16/h8-10,12-13,16H,6-7,11H2,1-5H3/b18-12+. The van der Waals surface area contributed by atoms with Crippen LogP contribution in [0.3, 0.4) is 0 Å². The molecule has 1 aromatic carbocycles. The van der Waals surface area contributed by atoms with Gasteiger partial charge in [-0.3, -0.25) is 4.79 Å². The SMILES string of the molecule is CSc1cc(/C(C=C(C)C)=C/N(C)C=O)cc2c1nc(C)n2CC1CC1. The summed E-state index contributed by atoms with van der Waals surface area (Å²) >= 11 is 1.72. The van der Waals surface area contributed by atoms with E-state index in [9.17, 15) is 4.79 Å². The van der Waals surface area contributed by atoms with E-state index in [1.165, 1.54) is 28.8 Å². The third-order valence-electron chi connectivity index (χ3n) is 4.65. The Morgan fingerprint density at radius 2 is 2.12 bits per heavy atom. The molecule has 3 rings (SSSR count). The number of thioether (sulfide) groups is 1. The van der Waals surface area contributed by atoms with Crippen molar-refractivity contribution in [3.63, 3.8) is 0 Å². The van der Waals surface area contributed by atoms with E-state index in [2.05, 4.69) is 49.8 Å². The number of benzene rings is 1. The number of hydrogen-bond acceptors (Lipinski definition) is 3. The minimum atomic E-state index is 0.793. The second-order valence-corrected chi connectivity index (χ2v) is 8.18. The molecule has 26 heavy (non-hydrogen) atoms. The molecule has 0 aliphatic heterocycles. The number of imidazole rings is 1. The number of fused-ring (bicyclic) bond motifs is 1. The number of allylic oxidation sites excluding steroid dienone is 3. The predicted octanol–water partition coefficient (Wildman–Crippen LogP) is 4.87. The fourth-order valence-electron chi connectivity index (χ4n) is 3.18. The maximum absolute atomic E-state index is 11.1. The molecule has 0 unspecified atom stereocenters. The summed E-state index contributed by atoms with van der Waals surface area (Å²) in [7, 11) is 1.77. The molecule has 0 spiro atoms. The average molecular weight is 370 g/mol. The molecule has 0 radical (unpaired) electrons. The van der Waals surface area contributed by atoms with Gasteiger partial charge in [-0.05, 0) is 69.1 Å². The number of aromatic nitrogens is 2.